The molecule has 2 aromatic heterocycles. The number of carbonyl (C=O) groups is 1. The van der Waals surface area contributed by atoms with Crippen molar-refractivity contribution in [1.82, 2.24) is 15.2 Å². The molecule has 0 saturated heterocycles. The SMILES string of the molecule is NC(=O)CC1CC1c1ccc(NCC2(c3ncccc3F)CCC2)nn1. The first-order chi connectivity index (χ1) is 12.6. The molecule has 2 unspecified atom stereocenters. The maximum Gasteiger partial charge on any atom is 0.217 e. The average molecular weight is 355 g/mol. The third-order valence-corrected chi connectivity index (χ3v) is 5.63. The Morgan fingerprint density at radius 3 is 2.77 bits per heavy atom. The number of nitrogens with one attached hydrogen (secondary N) is 1. The van der Waals surface area contributed by atoms with Crippen LogP contribution >= 0.6 is 0 Å². The van der Waals surface area contributed by atoms with Gasteiger partial charge in [0, 0.05) is 30.5 Å². The summed E-state index contributed by atoms with van der Waals surface area (Å²) in [6, 6.07) is 6.92. The number of pyridine rings is 1. The molecule has 4 rings (SSSR count). The van der Waals surface area contributed by atoms with E-state index >= 15 is 0 Å². The molecule has 136 valence electrons. The summed E-state index contributed by atoms with van der Waals surface area (Å²) < 4.78 is 14.2. The van der Waals surface area contributed by atoms with Crippen molar-refractivity contribution in [2.75, 3.05) is 11.9 Å². The quantitative estimate of drug-likeness (QED) is 0.796. The van der Waals surface area contributed by atoms with Crippen molar-refractivity contribution in [2.24, 2.45) is 11.7 Å². The number of rotatable bonds is 7. The van der Waals surface area contributed by atoms with Gasteiger partial charge in [-0.15, -0.1) is 5.10 Å². The molecular formula is C19H22FN5O. The Balaban J connectivity index is 1.39. The molecule has 2 atom stereocenters. The molecule has 3 N–H and O–H groups in total. The van der Waals surface area contributed by atoms with E-state index in [0.717, 1.165) is 31.4 Å². The summed E-state index contributed by atoms with van der Waals surface area (Å²) in [4.78, 5) is 15.3. The van der Waals surface area contributed by atoms with E-state index < -0.39 is 0 Å². The Labute approximate surface area is 151 Å². The molecule has 0 bridgehead atoms. The van der Waals surface area contributed by atoms with Crippen molar-refractivity contribution in [3.05, 3.63) is 47.7 Å². The van der Waals surface area contributed by atoms with Crippen LogP contribution in [0.2, 0.25) is 0 Å². The molecule has 7 heteroatoms. The number of amides is 1. The Morgan fingerprint density at radius 1 is 1.31 bits per heavy atom. The number of hydrogen-bond donors (Lipinski definition) is 2. The number of nitrogens with zero attached hydrogens (tertiary/aromatic N) is 3. The van der Waals surface area contributed by atoms with Crippen LogP contribution in [0.4, 0.5) is 10.2 Å². The zero-order valence-electron chi connectivity index (χ0n) is 14.5. The topological polar surface area (TPSA) is 93.8 Å². The van der Waals surface area contributed by atoms with Crippen molar-refractivity contribution < 1.29 is 9.18 Å². The third kappa shape index (κ3) is 3.25. The lowest BCUT2D eigenvalue weighted by molar-refractivity contribution is -0.118. The van der Waals surface area contributed by atoms with Crippen LogP contribution in [0.5, 0.6) is 0 Å². The Bertz CT molecular complexity index is 806. The van der Waals surface area contributed by atoms with Gasteiger partial charge in [0.1, 0.15) is 11.6 Å². The lowest BCUT2D eigenvalue weighted by atomic mass is 9.66. The number of carbonyl (C=O) groups excluding carboxylic acids is 1. The van der Waals surface area contributed by atoms with E-state index in [0.29, 0.717) is 30.4 Å². The maximum absolute atomic E-state index is 14.2. The summed E-state index contributed by atoms with van der Waals surface area (Å²) >= 11 is 0. The predicted molar refractivity (Wildman–Crippen MR) is 94.9 cm³/mol. The van der Waals surface area contributed by atoms with Gasteiger partial charge in [0.2, 0.25) is 5.91 Å². The number of halogens is 1. The molecule has 2 saturated carbocycles. The summed E-state index contributed by atoms with van der Waals surface area (Å²) in [6.45, 7) is 0.586. The third-order valence-electron chi connectivity index (χ3n) is 5.63. The number of nitrogens with two attached hydrogens (primary N) is 1. The highest BCUT2D eigenvalue weighted by atomic mass is 19.1. The zero-order valence-corrected chi connectivity index (χ0v) is 14.5. The fraction of sp³-hybridized carbons (Fsp3) is 0.474. The van der Waals surface area contributed by atoms with E-state index in [1.807, 2.05) is 12.1 Å². The molecule has 2 fully saturated rings. The van der Waals surface area contributed by atoms with Crippen LogP contribution < -0.4 is 11.1 Å². The molecule has 0 aromatic carbocycles. The van der Waals surface area contributed by atoms with Crippen LogP contribution in [0, 0.1) is 11.7 Å². The molecule has 2 aliphatic carbocycles. The first kappa shape index (κ1) is 16.9. The second kappa shape index (κ2) is 6.63. The minimum absolute atomic E-state index is 0.246. The molecule has 6 nitrogen and oxygen atoms in total. The lowest BCUT2D eigenvalue weighted by Crippen LogP contribution is -2.42. The highest BCUT2D eigenvalue weighted by Crippen LogP contribution is 2.48. The molecule has 2 heterocycles. The Hall–Kier alpha value is -2.57. The summed E-state index contributed by atoms with van der Waals surface area (Å²) in [5.41, 5.74) is 6.41. The van der Waals surface area contributed by atoms with Gasteiger partial charge in [0.05, 0.1) is 11.4 Å². The Kier molecular flexibility index (Phi) is 4.30. The minimum atomic E-state index is -0.269. The van der Waals surface area contributed by atoms with Crippen molar-refractivity contribution in [2.45, 2.75) is 43.4 Å². The highest BCUT2D eigenvalue weighted by molar-refractivity contribution is 5.74. The van der Waals surface area contributed by atoms with Gasteiger partial charge in [-0.1, -0.05) is 6.42 Å². The van der Waals surface area contributed by atoms with Gasteiger partial charge in [-0.2, -0.15) is 5.10 Å². The number of primary amides is 1. The summed E-state index contributed by atoms with van der Waals surface area (Å²) in [6.07, 6.45) is 5.89. The molecule has 26 heavy (non-hydrogen) atoms. The van der Waals surface area contributed by atoms with Crippen LogP contribution in [0.1, 0.15) is 49.4 Å². The van der Waals surface area contributed by atoms with Gasteiger partial charge in [0.15, 0.2) is 0 Å². The van der Waals surface area contributed by atoms with E-state index in [1.54, 1.807) is 12.3 Å². The minimum Gasteiger partial charge on any atom is -0.370 e. The first-order valence-corrected chi connectivity index (χ1v) is 9.04. The maximum atomic E-state index is 14.2. The van der Waals surface area contributed by atoms with E-state index in [-0.39, 0.29) is 23.1 Å². The summed E-state index contributed by atoms with van der Waals surface area (Å²) in [7, 11) is 0. The van der Waals surface area contributed by atoms with E-state index in [4.69, 9.17) is 5.73 Å². The monoisotopic (exact) mass is 355 g/mol. The number of hydrogen-bond acceptors (Lipinski definition) is 5. The molecule has 0 radical (unpaired) electrons. The van der Waals surface area contributed by atoms with Gasteiger partial charge in [-0.3, -0.25) is 9.78 Å². The zero-order chi connectivity index (χ0) is 18.1. The van der Waals surface area contributed by atoms with Crippen molar-refractivity contribution in [3.63, 3.8) is 0 Å². The second-order valence-electron chi connectivity index (χ2n) is 7.44. The van der Waals surface area contributed by atoms with Crippen LogP contribution in [0.15, 0.2) is 30.5 Å². The smallest absolute Gasteiger partial charge is 0.217 e. The van der Waals surface area contributed by atoms with Crippen LogP contribution in [0.3, 0.4) is 0 Å². The van der Waals surface area contributed by atoms with E-state index in [1.165, 1.54) is 6.07 Å². The van der Waals surface area contributed by atoms with Crippen molar-refractivity contribution in [1.29, 1.82) is 0 Å². The fourth-order valence-electron chi connectivity index (χ4n) is 3.87. The second-order valence-corrected chi connectivity index (χ2v) is 7.44. The first-order valence-electron chi connectivity index (χ1n) is 9.04. The number of aromatic nitrogens is 3. The van der Waals surface area contributed by atoms with Gasteiger partial charge in [-0.05, 0) is 49.4 Å². The van der Waals surface area contributed by atoms with E-state index in [2.05, 4.69) is 20.5 Å². The fourth-order valence-corrected chi connectivity index (χ4v) is 3.87. The number of anilines is 1. The molecule has 2 aromatic rings. The predicted octanol–water partition coefficient (Wildman–Crippen LogP) is 2.52. The standard InChI is InChI=1S/C19H22FN5O/c20-14-3-1-8-22-18(14)19(6-2-7-19)11-23-17-5-4-15(24-25-17)13-9-12(13)10-16(21)26/h1,3-5,8,12-13H,2,6-7,9-11H2,(H2,21,26)(H,23,25). The molecule has 0 aliphatic heterocycles. The highest BCUT2D eigenvalue weighted by Gasteiger charge is 2.42. The normalized spacial score (nSPS) is 23.1. The summed E-state index contributed by atoms with van der Waals surface area (Å²) in [5.74, 6) is 0.736. The van der Waals surface area contributed by atoms with Gasteiger partial charge < -0.3 is 11.1 Å². The van der Waals surface area contributed by atoms with Crippen LogP contribution in [0.25, 0.3) is 0 Å². The van der Waals surface area contributed by atoms with Crippen LogP contribution in [-0.2, 0) is 10.2 Å². The van der Waals surface area contributed by atoms with Gasteiger partial charge in [-0.25, -0.2) is 4.39 Å². The molecule has 2 aliphatic rings. The molecule has 1 amide bonds. The Morgan fingerprint density at radius 2 is 2.15 bits per heavy atom. The lowest BCUT2D eigenvalue weighted by Gasteiger charge is -2.41. The van der Waals surface area contributed by atoms with Gasteiger partial charge in [0.25, 0.3) is 0 Å². The molecular weight excluding hydrogens is 333 g/mol. The summed E-state index contributed by atoms with van der Waals surface area (Å²) in [5, 5.41) is 11.8. The largest absolute Gasteiger partial charge is 0.370 e. The molecule has 0 spiro atoms. The van der Waals surface area contributed by atoms with Crippen LogP contribution in [-0.4, -0.2) is 27.6 Å². The van der Waals surface area contributed by atoms with Crippen molar-refractivity contribution >= 4 is 11.7 Å². The van der Waals surface area contributed by atoms with Gasteiger partial charge >= 0.3 is 0 Å². The average Bonchev–Trinajstić information content (AvgIpc) is 3.34. The van der Waals surface area contributed by atoms with E-state index in [9.17, 15) is 9.18 Å². The van der Waals surface area contributed by atoms with Crippen molar-refractivity contribution in [3.8, 4) is 0 Å².